The van der Waals surface area contributed by atoms with E-state index in [1.807, 2.05) is 0 Å². The van der Waals surface area contributed by atoms with Gasteiger partial charge in [0, 0.05) is 4.47 Å². The Labute approximate surface area is 86.8 Å². The highest BCUT2D eigenvalue weighted by molar-refractivity contribution is 9.10. The zero-order valence-corrected chi connectivity index (χ0v) is 8.44. The number of benzene rings is 1. The maximum Gasteiger partial charge on any atom is 0.245 e. The SMILES string of the molecule is Nc1nnnn1-c1ccc(Br)cc1F. The minimum absolute atomic E-state index is 0.0474. The van der Waals surface area contributed by atoms with Crippen molar-refractivity contribution in [1.82, 2.24) is 20.2 Å². The Morgan fingerprint density at radius 3 is 2.79 bits per heavy atom. The van der Waals surface area contributed by atoms with Gasteiger partial charge in [0.1, 0.15) is 11.5 Å². The van der Waals surface area contributed by atoms with Crippen LogP contribution in [-0.4, -0.2) is 20.2 Å². The smallest absolute Gasteiger partial charge is 0.245 e. The average Bonchev–Trinajstić information content (AvgIpc) is 2.52. The fraction of sp³-hybridized carbons (Fsp3) is 0. The largest absolute Gasteiger partial charge is 0.366 e. The second kappa shape index (κ2) is 3.33. The molecule has 1 aromatic carbocycles. The molecule has 7 heteroatoms. The fourth-order valence-corrected chi connectivity index (χ4v) is 1.35. The molecule has 0 aliphatic carbocycles. The van der Waals surface area contributed by atoms with Crippen molar-refractivity contribution < 1.29 is 4.39 Å². The number of nitrogens with zero attached hydrogens (tertiary/aromatic N) is 4. The third kappa shape index (κ3) is 1.46. The van der Waals surface area contributed by atoms with Crippen molar-refractivity contribution in [3.8, 4) is 5.69 Å². The molecule has 0 unspecified atom stereocenters. The summed E-state index contributed by atoms with van der Waals surface area (Å²) in [7, 11) is 0. The highest BCUT2D eigenvalue weighted by atomic mass is 79.9. The number of rotatable bonds is 1. The van der Waals surface area contributed by atoms with Gasteiger partial charge in [0.15, 0.2) is 0 Å². The Hall–Kier alpha value is -1.50. The molecular formula is C7H5BrFN5. The molecule has 0 saturated carbocycles. The van der Waals surface area contributed by atoms with E-state index in [0.29, 0.717) is 4.47 Å². The first kappa shape index (κ1) is 9.07. The van der Waals surface area contributed by atoms with E-state index in [9.17, 15) is 4.39 Å². The van der Waals surface area contributed by atoms with Gasteiger partial charge in [0.2, 0.25) is 5.95 Å². The molecule has 1 aromatic heterocycles. The van der Waals surface area contributed by atoms with Crippen LogP contribution in [0.5, 0.6) is 0 Å². The summed E-state index contributed by atoms with van der Waals surface area (Å²) in [6, 6.07) is 4.53. The van der Waals surface area contributed by atoms with Crippen molar-refractivity contribution in [2.75, 3.05) is 5.73 Å². The minimum atomic E-state index is -0.446. The number of tetrazole rings is 1. The van der Waals surface area contributed by atoms with Gasteiger partial charge in [-0.1, -0.05) is 21.0 Å². The van der Waals surface area contributed by atoms with Crippen LogP contribution >= 0.6 is 15.9 Å². The Bertz CT molecular complexity index is 469. The standard InChI is InChI=1S/C7H5BrFN5/c8-4-1-2-6(5(9)3-4)14-7(10)11-12-13-14/h1-3H,(H2,10,11,13). The molecule has 2 aromatic rings. The summed E-state index contributed by atoms with van der Waals surface area (Å²) in [4.78, 5) is 0. The molecule has 72 valence electrons. The summed E-state index contributed by atoms with van der Waals surface area (Å²) in [5.74, 6) is -0.399. The van der Waals surface area contributed by atoms with E-state index >= 15 is 0 Å². The molecule has 2 rings (SSSR count). The molecule has 0 atom stereocenters. The Balaban J connectivity index is 2.58. The van der Waals surface area contributed by atoms with Gasteiger partial charge in [-0.15, -0.1) is 0 Å². The molecule has 0 amide bonds. The summed E-state index contributed by atoms with van der Waals surface area (Å²) in [6.07, 6.45) is 0. The van der Waals surface area contributed by atoms with E-state index in [0.717, 1.165) is 4.68 Å². The maximum absolute atomic E-state index is 13.4. The van der Waals surface area contributed by atoms with Gasteiger partial charge < -0.3 is 5.73 Å². The minimum Gasteiger partial charge on any atom is -0.366 e. The second-order valence-electron chi connectivity index (χ2n) is 2.54. The predicted molar refractivity (Wildman–Crippen MR) is 51.2 cm³/mol. The lowest BCUT2D eigenvalue weighted by molar-refractivity contribution is 0.607. The molecule has 5 nitrogen and oxygen atoms in total. The lowest BCUT2D eigenvalue weighted by atomic mass is 10.3. The van der Waals surface area contributed by atoms with Gasteiger partial charge in [-0.3, -0.25) is 0 Å². The first-order valence-corrected chi connectivity index (χ1v) is 4.47. The van der Waals surface area contributed by atoms with Crippen LogP contribution in [0.3, 0.4) is 0 Å². The first-order valence-electron chi connectivity index (χ1n) is 3.68. The van der Waals surface area contributed by atoms with Gasteiger partial charge in [0.05, 0.1) is 0 Å². The Morgan fingerprint density at radius 2 is 2.21 bits per heavy atom. The number of nitrogens with two attached hydrogens (primary N) is 1. The van der Waals surface area contributed by atoms with Crippen molar-refractivity contribution >= 4 is 21.9 Å². The van der Waals surface area contributed by atoms with Crippen LogP contribution in [0.4, 0.5) is 10.3 Å². The van der Waals surface area contributed by atoms with Gasteiger partial charge in [-0.2, -0.15) is 4.68 Å². The summed E-state index contributed by atoms with van der Waals surface area (Å²) >= 11 is 3.15. The average molecular weight is 258 g/mol. The van der Waals surface area contributed by atoms with Crippen LogP contribution in [0.1, 0.15) is 0 Å². The molecule has 0 bridgehead atoms. The van der Waals surface area contributed by atoms with Crippen LogP contribution < -0.4 is 5.73 Å². The van der Waals surface area contributed by atoms with Gasteiger partial charge in [-0.25, -0.2) is 4.39 Å². The topological polar surface area (TPSA) is 69.6 Å². The van der Waals surface area contributed by atoms with Crippen molar-refractivity contribution in [1.29, 1.82) is 0 Å². The fourth-order valence-electron chi connectivity index (χ4n) is 1.02. The molecule has 14 heavy (non-hydrogen) atoms. The molecule has 0 aliphatic rings. The summed E-state index contributed by atoms with van der Waals surface area (Å²) < 4.78 is 15.2. The number of nitrogen functional groups attached to an aromatic ring is 1. The monoisotopic (exact) mass is 257 g/mol. The van der Waals surface area contributed by atoms with Crippen molar-refractivity contribution in [3.05, 3.63) is 28.5 Å². The van der Waals surface area contributed by atoms with Crippen LogP contribution in [0.25, 0.3) is 5.69 Å². The van der Waals surface area contributed by atoms with Crippen LogP contribution in [0, 0.1) is 5.82 Å². The van der Waals surface area contributed by atoms with E-state index in [4.69, 9.17) is 5.73 Å². The lowest BCUT2D eigenvalue weighted by Gasteiger charge is -2.02. The van der Waals surface area contributed by atoms with Crippen LogP contribution in [-0.2, 0) is 0 Å². The second-order valence-corrected chi connectivity index (χ2v) is 3.46. The molecule has 2 N–H and O–H groups in total. The van der Waals surface area contributed by atoms with E-state index in [-0.39, 0.29) is 11.6 Å². The Kier molecular flexibility index (Phi) is 2.16. The molecule has 1 heterocycles. The number of hydrogen-bond donors (Lipinski definition) is 1. The Morgan fingerprint density at radius 1 is 1.43 bits per heavy atom. The summed E-state index contributed by atoms with van der Waals surface area (Å²) in [5, 5.41) is 10.3. The highest BCUT2D eigenvalue weighted by Crippen LogP contribution is 2.18. The molecule has 0 spiro atoms. The molecule has 0 saturated heterocycles. The third-order valence-corrected chi connectivity index (χ3v) is 2.12. The van der Waals surface area contributed by atoms with E-state index in [1.165, 1.54) is 12.1 Å². The zero-order chi connectivity index (χ0) is 10.1. The highest BCUT2D eigenvalue weighted by Gasteiger charge is 2.09. The number of halogens is 2. The van der Waals surface area contributed by atoms with Gasteiger partial charge in [-0.05, 0) is 28.6 Å². The lowest BCUT2D eigenvalue weighted by Crippen LogP contribution is -2.04. The number of anilines is 1. The summed E-state index contributed by atoms with van der Waals surface area (Å²) in [6.45, 7) is 0. The quantitative estimate of drug-likeness (QED) is 0.832. The zero-order valence-electron chi connectivity index (χ0n) is 6.85. The molecule has 0 radical (unpaired) electrons. The maximum atomic E-state index is 13.4. The number of aromatic nitrogens is 4. The van der Waals surface area contributed by atoms with Crippen molar-refractivity contribution in [3.63, 3.8) is 0 Å². The normalized spacial score (nSPS) is 10.4. The number of hydrogen-bond acceptors (Lipinski definition) is 4. The van der Waals surface area contributed by atoms with Gasteiger partial charge in [0.25, 0.3) is 0 Å². The van der Waals surface area contributed by atoms with Crippen LogP contribution in [0.2, 0.25) is 0 Å². The van der Waals surface area contributed by atoms with E-state index in [1.54, 1.807) is 6.07 Å². The van der Waals surface area contributed by atoms with Crippen LogP contribution in [0.15, 0.2) is 22.7 Å². The first-order chi connectivity index (χ1) is 6.68. The van der Waals surface area contributed by atoms with Crippen molar-refractivity contribution in [2.45, 2.75) is 0 Å². The van der Waals surface area contributed by atoms with E-state index in [2.05, 4.69) is 31.5 Å². The van der Waals surface area contributed by atoms with Gasteiger partial charge >= 0.3 is 0 Å². The molecular weight excluding hydrogens is 253 g/mol. The molecule has 0 fully saturated rings. The van der Waals surface area contributed by atoms with Crippen molar-refractivity contribution in [2.24, 2.45) is 0 Å². The molecule has 0 aliphatic heterocycles. The predicted octanol–water partition coefficient (Wildman–Crippen LogP) is 1.15. The van der Waals surface area contributed by atoms with E-state index < -0.39 is 5.82 Å². The summed E-state index contributed by atoms with van der Waals surface area (Å²) in [5.41, 5.74) is 5.65. The third-order valence-electron chi connectivity index (χ3n) is 1.63.